The summed E-state index contributed by atoms with van der Waals surface area (Å²) in [6.07, 6.45) is 0.379. The van der Waals surface area contributed by atoms with Gasteiger partial charge in [-0.1, -0.05) is 18.2 Å². The van der Waals surface area contributed by atoms with Crippen molar-refractivity contribution in [1.82, 2.24) is 0 Å². The lowest BCUT2D eigenvalue weighted by Crippen LogP contribution is -2.04. The zero-order valence-corrected chi connectivity index (χ0v) is 8.91. The molecule has 3 nitrogen and oxygen atoms in total. The molecule has 0 heterocycles. The number of hydrogen-bond acceptors (Lipinski definition) is 2. The van der Waals surface area contributed by atoms with Crippen molar-refractivity contribution < 1.29 is 14.7 Å². The molecule has 3 heteroatoms. The van der Waals surface area contributed by atoms with Crippen LogP contribution in [0.5, 0.6) is 0 Å². The zero-order valence-electron chi connectivity index (χ0n) is 8.91. The highest BCUT2D eigenvalue weighted by Crippen LogP contribution is 2.12. The molecular formula is C12H14O3. The van der Waals surface area contributed by atoms with Crippen molar-refractivity contribution in [2.24, 2.45) is 0 Å². The minimum atomic E-state index is -0.849. The second-order valence-electron chi connectivity index (χ2n) is 3.71. The molecule has 0 aliphatic rings. The molecule has 1 N–H and O–H groups in total. The first kappa shape index (κ1) is 11.4. The molecule has 0 aromatic heterocycles. The lowest BCUT2D eigenvalue weighted by Gasteiger charge is -2.05. The van der Waals surface area contributed by atoms with Gasteiger partial charge < -0.3 is 5.11 Å². The van der Waals surface area contributed by atoms with Crippen molar-refractivity contribution in [2.75, 3.05) is 0 Å². The van der Waals surface area contributed by atoms with E-state index >= 15 is 0 Å². The first-order chi connectivity index (χ1) is 6.99. The Morgan fingerprint density at radius 2 is 1.93 bits per heavy atom. The summed E-state index contributed by atoms with van der Waals surface area (Å²) >= 11 is 0. The normalized spacial score (nSPS) is 10.0. The van der Waals surface area contributed by atoms with Crippen LogP contribution in [0.4, 0.5) is 0 Å². The summed E-state index contributed by atoms with van der Waals surface area (Å²) in [6, 6.07) is 5.52. The topological polar surface area (TPSA) is 54.4 Å². The van der Waals surface area contributed by atoms with Crippen molar-refractivity contribution in [3.63, 3.8) is 0 Å². The number of carboxylic acid groups (broad SMARTS) is 1. The molecule has 0 radical (unpaired) electrons. The van der Waals surface area contributed by atoms with Gasteiger partial charge in [0.2, 0.25) is 0 Å². The Morgan fingerprint density at radius 3 is 2.47 bits per heavy atom. The molecule has 1 aromatic carbocycles. The fourth-order valence-electron chi connectivity index (χ4n) is 1.48. The number of hydrogen-bond donors (Lipinski definition) is 1. The molecule has 0 spiro atoms. The highest BCUT2D eigenvalue weighted by molar-refractivity contribution is 5.78. The van der Waals surface area contributed by atoms with E-state index in [1.807, 2.05) is 19.1 Å². The summed E-state index contributed by atoms with van der Waals surface area (Å²) in [5.41, 5.74) is 2.61. The number of benzene rings is 1. The second-order valence-corrected chi connectivity index (χ2v) is 3.71. The lowest BCUT2D eigenvalue weighted by atomic mass is 10.00. The van der Waals surface area contributed by atoms with E-state index in [1.165, 1.54) is 6.92 Å². The second kappa shape index (κ2) is 4.73. The van der Waals surface area contributed by atoms with Gasteiger partial charge in [-0.3, -0.25) is 9.59 Å². The van der Waals surface area contributed by atoms with Gasteiger partial charge in [0, 0.05) is 6.42 Å². The highest BCUT2D eigenvalue weighted by atomic mass is 16.4. The number of Topliss-reactive ketones (excluding diaryl/α,β-unsaturated/α-hetero) is 1. The van der Waals surface area contributed by atoms with E-state index in [-0.39, 0.29) is 12.2 Å². The van der Waals surface area contributed by atoms with Gasteiger partial charge in [0.15, 0.2) is 0 Å². The average Bonchev–Trinajstić information content (AvgIpc) is 2.09. The maximum Gasteiger partial charge on any atom is 0.307 e. The van der Waals surface area contributed by atoms with E-state index in [2.05, 4.69) is 0 Å². The van der Waals surface area contributed by atoms with Crippen LogP contribution in [-0.2, 0) is 22.4 Å². The van der Waals surface area contributed by atoms with Gasteiger partial charge in [-0.15, -0.1) is 0 Å². The molecule has 1 aromatic rings. The number of rotatable bonds is 4. The summed E-state index contributed by atoms with van der Waals surface area (Å²) < 4.78 is 0. The Balaban J connectivity index is 2.94. The third-order valence-electron chi connectivity index (χ3n) is 2.21. The van der Waals surface area contributed by atoms with Crippen LogP contribution in [0, 0.1) is 6.92 Å². The van der Waals surface area contributed by atoms with Crippen LogP contribution in [0.3, 0.4) is 0 Å². The number of aryl methyl sites for hydroxylation is 1. The van der Waals surface area contributed by atoms with Crippen LogP contribution in [-0.4, -0.2) is 16.9 Å². The van der Waals surface area contributed by atoms with Crippen LogP contribution < -0.4 is 0 Å². The number of ketones is 1. The van der Waals surface area contributed by atoms with E-state index in [0.29, 0.717) is 6.42 Å². The number of aliphatic carboxylic acids is 1. The smallest absolute Gasteiger partial charge is 0.307 e. The standard InChI is InChI=1S/C12H14O3/c1-8-3-4-10(5-9(2)13)6-11(8)7-12(14)15/h3-4,6H,5,7H2,1-2H3,(H,14,15). The fraction of sp³-hybridized carbons (Fsp3) is 0.333. The van der Waals surface area contributed by atoms with Gasteiger partial charge in [0.25, 0.3) is 0 Å². The molecule has 0 amide bonds. The first-order valence-corrected chi connectivity index (χ1v) is 4.78. The Labute approximate surface area is 88.7 Å². The predicted octanol–water partition coefficient (Wildman–Crippen LogP) is 1.75. The number of carbonyl (C=O) groups excluding carboxylic acids is 1. The summed E-state index contributed by atoms with van der Waals surface area (Å²) in [7, 11) is 0. The average molecular weight is 206 g/mol. The predicted molar refractivity (Wildman–Crippen MR) is 56.9 cm³/mol. The van der Waals surface area contributed by atoms with E-state index in [0.717, 1.165) is 16.7 Å². The molecule has 0 atom stereocenters. The Hall–Kier alpha value is -1.64. The Kier molecular flexibility index (Phi) is 3.61. The monoisotopic (exact) mass is 206 g/mol. The fourth-order valence-corrected chi connectivity index (χ4v) is 1.48. The van der Waals surface area contributed by atoms with Crippen molar-refractivity contribution in [1.29, 1.82) is 0 Å². The quantitative estimate of drug-likeness (QED) is 0.816. The van der Waals surface area contributed by atoms with Crippen molar-refractivity contribution in [3.8, 4) is 0 Å². The van der Waals surface area contributed by atoms with Gasteiger partial charge in [0.05, 0.1) is 6.42 Å². The third-order valence-corrected chi connectivity index (χ3v) is 2.21. The molecule has 0 saturated heterocycles. The Morgan fingerprint density at radius 1 is 1.27 bits per heavy atom. The van der Waals surface area contributed by atoms with Crippen molar-refractivity contribution in [3.05, 3.63) is 34.9 Å². The van der Waals surface area contributed by atoms with E-state index in [9.17, 15) is 9.59 Å². The van der Waals surface area contributed by atoms with Gasteiger partial charge >= 0.3 is 5.97 Å². The summed E-state index contributed by atoms with van der Waals surface area (Å²) in [4.78, 5) is 21.5. The van der Waals surface area contributed by atoms with Crippen LogP contribution in [0.15, 0.2) is 18.2 Å². The lowest BCUT2D eigenvalue weighted by molar-refractivity contribution is -0.136. The van der Waals surface area contributed by atoms with Crippen LogP contribution in [0.1, 0.15) is 23.6 Å². The Bertz CT molecular complexity index is 394. The molecule has 0 aliphatic carbocycles. The van der Waals surface area contributed by atoms with E-state index in [4.69, 9.17) is 5.11 Å². The third kappa shape index (κ3) is 3.54. The molecule has 15 heavy (non-hydrogen) atoms. The molecule has 0 bridgehead atoms. The van der Waals surface area contributed by atoms with Gasteiger partial charge in [-0.05, 0) is 30.5 Å². The molecular weight excluding hydrogens is 192 g/mol. The first-order valence-electron chi connectivity index (χ1n) is 4.78. The van der Waals surface area contributed by atoms with E-state index < -0.39 is 5.97 Å². The molecule has 80 valence electrons. The largest absolute Gasteiger partial charge is 0.481 e. The molecule has 0 fully saturated rings. The highest BCUT2D eigenvalue weighted by Gasteiger charge is 2.06. The molecule has 0 saturated carbocycles. The van der Waals surface area contributed by atoms with E-state index in [1.54, 1.807) is 6.07 Å². The van der Waals surface area contributed by atoms with Gasteiger partial charge in [0.1, 0.15) is 5.78 Å². The minimum absolute atomic E-state index is 0.0115. The van der Waals surface area contributed by atoms with Crippen LogP contribution >= 0.6 is 0 Å². The van der Waals surface area contributed by atoms with Crippen molar-refractivity contribution >= 4 is 11.8 Å². The summed E-state index contributed by atoms with van der Waals surface area (Å²) in [6.45, 7) is 3.40. The van der Waals surface area contributed by atoms with Crippen LogP contribution in [0.2, 0.25) is 0 Å². The zero-order chi connectivity index (χ0) is 11.4. The molecule has 0 unspecified atom stereocenters. The summed E-state index contributed by atoms with van der Waals surface area (Å²) in [5.74, 6) is -0.766. The maximum absolute atomic E-state index is 10.9. The number of carboxylic acids is 1. The summed E-state index contributed by atoms with van der Waals surface area (Å²) in [5, 5.41) is 8.70. The minimum Gasteiger partial charge on any atom is -0.481 e. The van der Waals surface area contributed by atoms with Crippen molar-refractivity contribution in [2.45, 2.75) is 26.7 Å². The maximum atomic E-state index is 10.9. The van der Waals surface area contributed by atoms with Gasteiger partial charge in [-0.2, -0.15) is 0 Å². The van der Waals surface area contributed by atoms with Gasteiger partial charge in [-0.25, -0.2) is 0 Å². The SMILES string of the molecule is CC(=O)Cc1ccc(C)c(CC(=O)O)c1. The number of carbonyl (C=O) groups is 2. The van der Waals surface area contributed by atoms with Crippen LogP contribution in [0.25, 0.3) is 0 Å². The molecule has 1 rings (SSSR count). The molecule has 0 aliphatic heterocycles.